The normalized spacial score (nSPS) is 11.2. The van der Waals surface area contributed by atoms with Gasteiger partial charge in [0.05, 0.1) is 21.1 Å². The van der Waals surface area contributed by atoms with E-state index in [1.165, 1.54) is 22.2 Å². The number of hydrogen-bond donors (Lipinski definition) is 2. The average molecular weight is 449 g/mol. The number of anilines is 1. The first-order valence-corrected chi connectivity index (χ1v) is 9.55. The molecule has 0 atom stereocenters. The maximum atomic E-state index is 12.7. The quantitative estimate of drug-likeness (QED) is 0.353. The fourth-order valence-electron chi connectivity index (χ4n) is 2.39. The maximum Gasteiger partial charge on any atom is 0.294 e. The Hall–Kier alpha value is -3.28. The smallest absolute Gasteiger partial charge is 0.294 e. The van der Waals surface area contributed by atoms with Crippen LogP contribution in [0.3, 0.4) is 0 Å². The molecule has 0 bridgehead atoms. The van der Waals surface area contributed by atoms with Crippen molar-refractivity contribution in [1.82, 2.24) is 30.7 Å². The number of aromatic nitrogens is 5. The molecule has 4 rings (SSSR count). The van der Waals surface area contributed by atoms with E-state index in [1.54, 1.807) is 24.3 Å². The number of carbonyl (C=O) groups is 1. The summed E-state index contributed by atoms with van der Waals surface area (Å²) in [5, 5.41) is 21.6. The Morgan fingerprint density at radius 3 is 2.86 bits per heavy atom. The third-order valence-electron chi connectivity index (χ3n) is 3.69. The van der Waals surface area contributed by atoms with Crippen LogP contribution in [-0.2, 0) is 0 Å². The van der Waals surface area contributed by atoms with Gasteiger partial charge in [-0.25, -0.2) is 10.1 Å². The van der Waals surface area contributed by atoms with Gasteiger partial charge in [-0.1, -0.05) is 46.6 Å². The molecule has 0 radical (unpaired) electrons. The second kappa shape index (κ2) is 7.99. The van der Waals surface area contributed by atoms with E-state index in [9.17, 15) is 4.79 Å². The topological polar surface area (TPSA) is 137 Å². The lowest BCUT2D eigenvalue weighted by atomic mass is 10.2. The Bertz CT molecular complexity index is 1200. The molecule has 0 spiro atoms. The minimum Gasteiger partial charge on any atom is -0.378 e. The van der Waals surface area contributed by atoms with Crippen LogP contribution in [0.25, 0.3) is 16.4 Å². The van der Waals surface area contributed by atoms with Crippen molar-refractivity contribution in [1.29, 1.82) is 0 Å². The molecule has 0 aliphatic carbocycles. The summed E-state index contributed by atoms with van der Waals surface area (Å²) in [6, 6.07) is 8.69. The molecule has 0 saturated carbocycles. The first kappa shape index (κ1) is 19.1. The van der Waals surface area contributed by atoms with E-state index in [1.807, 2.05) is 11.4 Å². The van der Waals surface area contributed by atoms with Gasteiger partial charge in [0.15, 0.2) is 5.69 Å². The molecule has 0 fully saturated rings. The molecule has 3 aromatic heterocycles. The molecule has 3 N–H and O–H groups in total. The van der Waals surface area contributed by atoms with Gasteiger partial charge in [-0.15, -0.1) is 16.4 Å². The summed E-state index contributed by atoms with van der Waals surface area (Å²) in [4.78, 5) is 13.4. The zero-order valence-electron chi connectivity index (χ0n) is 14.3. The number of amides is 1. The third-order valence-corrected chi connectivity index (χ3v) is 5.40. The third kappa shape index (κ3) is 3.70. The number of nitrogens with one attached hydrogen (secondary N) is 1. The minimum atomic E-state index is -0.593. The zero-order chi connectivity index (χ0) is 20.4. The van der Waals surface area contributed by atoms with Gasteiger partial charge in [0.1, 0.15) is 5.69 Å². The number of nitrogens with two attached hydrogens (primary N) is 1. The van der Waals surface area contributed by atoms with Gasteiger partial charge in [-0.2, -0.15) is 9.78 Å². The van der Waals surface area contributed by atoms with Crippen molar-refractivity contribution in [3.63, 3.8) is 0 Å². The number of carbonyl (C=O) groups excluding carboxylic acids is 1. The number of thiophene rings is 1. The molecule has 0 unspecified atom stereocenters. The van der Waals surface area contributed by atoms with E-state index in [4.69, 9.17) is 28.9 Å². The maximum absolute atomic E-state index is 12.7. The summed E-state index contributed by atoms with van der Waals surface area (Å²) in [6.07, 6.45) is 1.38. The number of nitrogen functional groups attached to an aromatic ring is 1. The van der Waals surface area contributed by atoms with Crippen molar-refractivity contribution in [3.05, 3.63) is 57.0 Å². The lowest BCUT2D eigenvalue weighted by molar-refractivity contribution is 0.0951. The van der Waals surface area contributed by atoms with E-state index < -0.39 is 5.91 Å². The molecule has 1 aromatic carbocycles. The molecule has 3 heterocycles. The molecule has 13 heteroatoms. The zero-order valence-corrected chi connectivity index (χ0v) is 16.6. The molecular weight excluding hydrogens is 439 g/mol. The highest BCUT2D eigenvalue weighted by molar-refractivity contribution is 7.13. The van der Waals surface area contributed by atoms with E-state index in [0.717, 1.165) is 0 Å². The standard InChI is InChI=1S/C16H10Cl2N8O2S/c17-9-4-1-3-8(11(9)18)7-20-22-16(27)12-13(10-5-2-6-29-10)26(25-21-12)15-14(19)23-28-24-15/h1-7H,(H2,19,23)(H,22,27)/b20-7-. The van der Waals surface area contributed by atoms with Gasteiger partial charge in [-0.05, 0) is 27.8 Å². The molecular formula is C16H10Cl2N8O2S. The van der Waals surface area contributed by atoms with Crippen molar-refractivity contribution >= 4 is 52.5 Å². The van der Waals surface area contributed by atoms with E-state index >= 15 is 0 Å². The summed E-state index contributed by atoms with van der Waals surface area (Å²) in [7, 11) is 0. The van der Waals surface area contributed by atoms with Crippen molar-refractivity contribution in [2.75, 3.05) is 5.73 Å². The molecule has 4 aromatic rings. The van der Waals surface area contributed by atoms with Gasteiger partial charge in [-0.3, -0.25) is 4.79 Å². The monoisotopic (exact) mass is 448 g/mol. The highest BCUT2D eigenvalue weighted by Crippen LogP contribution is 2.30. The van der Waals surface area contributed by atoms with Crippen molar-refractivity contribution in [2.45, 2.75) is 0 Å². The Labute approximate surface area is 176 Å². The van der Waals surface area contributed by atoms with Crippen molar-refractivity contribution in [2.24, 2.45) is 5.10 Å². The molecule has 29 heavy (non-hydrogen) atoms. The molecule has 146 valence electrons. The van der Waals surface area contributed by atoms with Crippen LogP contribution in [0.2, 0.25) is 10.0 Å². The van der Waals surface area contributed by atoms with Crippen molar-refractivity contribution < 1.29 is 9.42 Å². The summed E-state index contributed by atoms with van der Waals surface area (Å²) in [5.41, 5.74) is 9.08. The first-order valence-electron chi connectivity index (χ1n) is 7.91. The van der Waals surface area contributed by atoms with E-state index in [0.29, 0.717) is 26.2 Å². The first-order chi connectivity index (χ1) is 14.1. The van der Waals surface area contributed by atoms with Gasteiger partial charge in [0.2, 0.25) is 11.6 Å². The fraction of sp³-hybridized carbons (Fsp3) is 0. The minimum absolute atomic E-state index is 0.00767. The second-order valence-corrected chi connectivity index (χ2v) is 7.22. The number of nitrogens with zero attached hydrogens (tertiary/aromatic N) is 6. The number of hydrazone groups is 1. The number of hydrogen-bond acceptors (Lipinski definition) is 9. The van der Waals surface area contributed by atoms with Crippen LogP contribution in [0.5, 0.6) is 0 Å². The van der Waals surface area contributed by atoms with Crippen LogP contribution in [-0.4, -0.2) is 37.4 Å². The largest absolute Gasteiger partial charge is 0.378 e. The van der Waals surface area contributed by atoms with Gasteiger partial charge < -0.3 is 5.73 Å². The van der Waals surface area contributed by atoms with E-state index in [2.05, 4.69) is 35.8 Å². The Kier molecular flexibility index (Phi) is 5.25. The highest BCUT2D eigenvalue weighted by atomic mass is 35.5. The van der Waals surface area contributed by atoms with Crippen LogP contribution in [0.4, 0.5) is 5.82 Å². The Morgan fingerprint density at radius 2 is 2.14 bits per heavy atom. The SMILES string of the molecule is Nc1nonc1-n1nnc(C(=O)N/N=C\c2cccc(Cl)c2Cl)c1-c1cccs1. The Morgan fingerprint density at radius 1 is 1.28 bits per heavy atom. The number of benzene rings is 1. The molecule has 0 aliphatic heterocycles. The van der Waals surface area contributed by atoms with E-state index in [-0.39, 0.29) is 17.3 Å². The predicted molar refractivity (Wildman–Crippen MR) is 108 cm³/mol. The molecule has 1 amide bonds. The summed E-state index contributed by atoms with van der Waals surface area (Å²) >= 11 is 13.4. The molecule has 0 aliphatic rings. The molecule has 10 nitrogen and oxygen atoms in total. The predicted octanol–water partition coefficient (Wildman–Crippen LogP) is 3.03. The number of rotatable bonds is 5. The van der Waals surface area contributed by atoms with Crippen molar-refractivity contribution in [3.8, 4) is 16.4 Å². The fourth-order valence-corrected chi connectivity index (χ4v) is 3.50. The van der Waals surface area contributed by atoms with Gasteiger partial charge in [0.25, 0.3) is 5.91 Å². The summed E-state index contributed by atoms with van der Waals surface area (Å²) in [6.45, 7) is 0. The lowest BCUT2D eigenvalue weighted by Crippen LogP contribution is -2.19. The second-order valence-electron chi connectivity index (χ2n) is 5.49. The van der Waals surface area contributed by atoms with Crippen LogP contribution in [0.1, 0.15) is 16.1 Å². The highest BCUT2D eigenvalue weighted by Gasteiger charge is 2.25. The summed E-state index contributed by atoms with van der Waals surface area (Å²) < 4.78 is 5.90. The molecule has 0 saturated heterocycles. The van der Waals surface area contributed by atoms with Crippen LogP contribution >= 0.6 is 34.5 Å². The lowest BCUT2D eigenvalue weighted by Gasteiger charge is -2.03. The average Bonchev–Trinajstić information content (AvgIpc) is 3.44. The Balaban J connectivity index is 1.65. The van der Waals surface area contributed by atoms with Crippen LogP contribution < -0.4 is 11.2 Å². The summed E-state index contributed by atoms with van der Waals surface area (Å²) in [5.74, 6) is -0.466. The van der Waals surface area contributed by atoms with Crippen LogP contribution in [0.15, 0.2) is 45.4 Å². The van der Waals surface area contributed by atoms with Gasteiger partial charge >= 0.3 is 0 Å². The number of halogens is 2. The van der Waals surface area contributed by atoms with Gasteiger partial charge in [0, 0.05) is 5.56 Å². The van der Waals surface area contributed by atoms with Crippen LogP contribution in [0, 0.1) is 0 Å².